The number of carbonyl (C=O) groups is 1. The fourth-order valence-electron chi connectivity index (χ4n) is 2.53. The molecule has 1 aliphatic rings. The normalized spacial score (nSPS) is 21.2. The second-order valence-corrected chi connectivity index (χ2v) is 4.81. The molecule has 1 saturated heterocycles. The molecule has 1 aromatic carbocycles. The summed E-state index contributed by atoms with van der Waals surface area (Å²) in [4.78, 5) is 14.4. The number of hydrogen-bond acceptors (Lipinski definition) is 3. The van der Waals surface area contributed by atoms with E-state index in [1.807, 2.05) is 37.3 Å². The van der Waals surface area contributed by atoms with Gasteiger partial charge in [-0.2, -0.15) is 0 Å². The molecule has 2 atom stereocenters. The molecule has 0 aromatic heterocycles. The molecule has 1 fully saturated rings. The van der Waals surface area contributed by atoms with E-state index < -0.39 is 0 Å². The second-order valence-electron chi connectivity index (χ2n) is 4.81. The van der Waals surface area contributed by atoms with Crippen molar-refractivity contribution in [1.29, 1.82) is 0 Å². The first-order valence-corrected chi connectivity index (χ1v) is 6.82. The van der Waals surface area contributed by atoms with Gasteiger partial charge in [0.2, 0.25) is 5.91 Å². The third-order valence-electron chi connectivity index (χ3n) is 3.63. The number of nitrogens with zero attached hydrogens (tertiary/aromatic N) is 1. The third kappa shape index (κ3) is 3.14. The highest BCUT2D eigenvalue weighted by Crippen LogP contribution is 2.23. The number of benzene rings is 1. The molecule has 1 N–H and O–H groups in total. The van der Waals surface area contributed by atoms with Crippen LogP contribution < -0.4 is 0 Å². The van der Waals surface area contributed by atoms with Crippen molar-refractivity contribution in [2.75, 3.05) is 26.4 Å². The third-order valence-corrected chi connectivity index (χ3v) is 3.63. The Hall–Kier alpha value is -1.39. The van der Waals surface area contributed by atoms with E-state index in [4.69, 9.17) is 4.74 Å². The zero-order valence-electron chi connectivity index (χ0n) is 11.3. The average Bonchev–Trinajstić information content (AvgIpc) is 2.49. The zero-order chi connectivity index (χ0) is 13.7. The lowest BCUT2D eigenvalue weighted by atomic mass is 9.94. The highest BCUT2D eigenvalue weighted by molar-refractivity contribution is 5.84. The number of aliphatic hydroxyl groups excluding tert-OH is 1. The largest absolute Gasteiger partial charge is 0.394 e. The van der Waals surface area contributed by atoms with Crippen molar-refractivity contribution in [1.82, 2.24) is 4.90 Å². The van der Waals surface area contributed by atoms with Crippen LogP contribution in [0.2, 0.25) is 0 Å². The molecule has 0 radical (unpaired) electrons. The molecule has 2 rings (SSSR count). The predicted molar refractivity (Wildman–Crippen MR) is 72.9 cm³/mol. The van der Waals surface area contributed by atoms with Crippen molar-refractivity contribution in [2.24, 2.45) is 0 Å². The molecule has 1 aromatic rings. The summed E-state index contributed by atoms with van der Waals surface area (Å²) >= 11 is 0. The molecule has 104 valence electrons. The average molecular weight is 263 g/mol. The molecule has 0 unspecified atom stereocenters. The standard InChI is InChI=1S/C15H21NO3/c1-2-14(12-6-4-3-5-7-12)15(18)16-8-9-19-11-13(16)10-17/h3-7,13-14,17H,2,8-11H2,1H3/t13-,14+/m0/s1. The van der Waals surface area contributed by atoms with Crippen LogP contribution >= 0.6 is 0 Å². The highest BCUT2D eigenvalue weighted by Gasteiger charge is 2.31. The van der Waals surface area contributed by atoms with E-state index in [-0.39, 0.29) is 24.5 Å². The van der Waals surface area contributed by atoms with Crippen molar-refractivity contribution in [3.8, 4) is 0 Å². The van der Waals surface area contributed by atoms with Gasteiger partial charge in [-0.25, -0.2) is 0 Å². The van der Waals surface area contributed by atoms with Gasteiger partial charge in [-0.3, -0.25) is 4.79 Å². The van der Waals surface area contributed by atoms with E-state index in [0.717, 1.165) is 12.0 Å². The Morgan fingerprint density at radius 3 is 2.84 bits per heavy atom. The molecule has 0 saturated carbocycles. The van der Waals surface area contributed by atoms with Gasteiger partial charge in [0.05, 0.1) is 31.8 Å². The molecule has 1 aliphatic heterocycles. The van der Waals surface area contributed by atoms with E-state index in [2.05, 4.69) is 0 Å². The van der Waals surface area contributed by atoms with Crippen LogP contribution in [0.1, 0.15) is 24.8 Å². The van der Waals surface area contributed by atoms with Gasteiger partial charge in [-0.05, 0) is 12.0 Å². The van der Waals surface area contributed by atoms with Crippen LogP contribution in [0.5, 0.6) is 0 Å². The Balaban J connectivity index is 2.16. The summed E-state index contributed by atoms with van der Waals surface area (Å²) in [6.07, 6.45) is 0.762. The first-order valence-electron chi connectivity index (χ1n) is 6.82. The molecular formula is C15H21NO3. The molecule has 4 nitrogen and oxygen atoms in total. The Morgan fingerprint density at radius 2 is 2.21 bits per heavy atom. The van der Waals surface area contributed by atoms with Gasteiger partial charge in [0.1, 0.15) is 0 Å². The molecule has 19 heavy (non-hydrogen) atoms. The van der Waals surface area contributed by atoms with Crippen molar-refractivity contribution >= 4 is 5.91 Å². The number of hydrogen-bond donors (Lipinski definition) is 1. The lowest BCUT2D eigenvalue weighted by Gasteiger charge is -2.36. The second kappa shape index (κ2) is 6.68. The topological polar surface area (TPSA) is 49.8 Å². The van der Waals surface area contributed by atoms with Crippen LogP contribution in [0, 0.1) is 0 Å². The molecule has 1 heterocycles. The van der Waals surface area contributed by atoms with Crippen LogP contribution in [-0.2, 0) is 9.53 Å². The first-order chi connectivity index (χ1) is 9.27. The van der Waals surface area contributed by atoms with Crippen molar-refractivity contribution in [3.63, 3.8) is 0 Å². The maximum Gasteiger partial charge on any atom is 0.230 e. The summed E-state index contributed by atoms with van der Waals surface area (Å²) in [6, 6.07) is 9.62. The molecule has 0 spiro atoms. The van der Waals surface area contributed by atoms with Gasteiger partial charge in [0, 0.05) is 6.54 Å². The predicted octanol–water partition coefficient (Wildman–Crippen LogP) is 1.40. The Labute approximate surface area is 114 Å². The number of morpholine rings is 1. The Kier molecular flexibility index (Phi) is 4.93. The van der Waals surface area contributed by atoms with Gasteiger partial charge >= 0.3 is 0 Å². The molecular weight excluding hydrogens is 242 g/mol. The molecule has 1 amide bonds. The lowest BCUT2D eigenvalue weighted by Crippen LogP contribution is -2.51. The van der Waals surface area contributed by atoms with Crippen LogP contribution in [0.25, 0.3) is 0 Å². The van der Waals surface area contributed by atoms with Gasteiger partial charge in [-0.15, -0.1) is 0 Å². The maximum absolute atomic E-state index is 12.7. The summed E-state index contributed by atoms with van der Waals surface area (Å²) in [5.41, 5.74) is 1.04. The van der Waals surface area contributed by atoms with Gasteiger partial charge in [0.15, 0.2) is 0 Å². The number of aliphatic hydroxyl groups is 1. The van der Waals surface area contributed by atoms with Gasteiger partial charge in [-0.1, -0.05) is 37.3 Å². The summed E-state index contributed by atoms with van der Waals surface area (Å²) in [6.45, 7) is 3.51. The number of amides is 1. The number of rotatable bonds is 4. The summed E-state index contributed by atoms with van der Waals surface area (Å²) in [5, 5.41) is 9.36. The quantitative estimate of drug-likeness (QED) is 0.893. The van der Waals surface area contributed by atoms with Gasteiger partial charge in [0.25, 0.3) is 0 Å². The van der Waals surface area contributed by atoms with E-state index in [1.165, 1.54) is 0 Å². The van der Waals surface area contributed by atoms with Crippen LogP contribution in [0.3, 0.4) is 0 Å². The fraction of sp³-hybridized carbons (Fsp3) is 0.533. The van der Waals surface area contributed by atoms with Crippen LogP contribution in [-0.4, -0.2) is 48.3 Å². The fourth-order valence-corrected chi connectivity index (χ4v) is 2.53. The Morgan fingerprint density at radius 1 is 1.47 bits per heavy atom. The highest BCUT2D eigenvalue weighted by atomic mass is 16.5. The minimum atomic E-state index is -0.209. The molecule has 0 aliphatic carbocycles. The maximum atomic E-state index is 12.7. The van der Waals surface area contributed by atoms with E-state index in [9.17, 15) is 9.90 Å². The summed E-state index contributed by atoms with van der Waals surface area (Å²) in [7, 11) is 0. The van der Waals surface area contributed by atoms with Crippen molar-refractivity contribution in [2.45, 2.75) is 25.3 Å². The summed E-state index contributed by atoms with van der Waals surface area (Å²) in [5.74, 6) is -0.0376. The van der Waals surface area contributed by atoms with E-state index in [0.29, 0.717) is 19.8 Å². The number of ether oxygens (including phenoxy) is 1. The molecule has 0 bridgehead atoms. The van der Waals surface area contributed by atoms with E-state index in [1.54, 1.807) is 4.90 Å². The summed E-state index contributed by atoms with van der Waals surface area (Å²) < 4.78 is 5.32. The zero-order valence-corrected chi connectivity index (χ0v) is 11.3. The van der Waals surface area contributed by atoms with E-state index >= 15 is 0 Å². The minimum Gasteiger partial charge on any atom is -0.394 e. The smallest absolute Gasteiger partial charge is 0.230 e. The Bertz CT molecular complexity index is 407. The SMILES string of the molecule is CC[C@@H](C(=O)N1CCOC[C@@H]1CO)c1ccccc1. The first kappa shape index (κ1) is 14.0. The van der Waals surface area contributed by atoms with Gasteiger partial charge < -0.3 is 14.7 Å². The number of carbonyl (C=O) groups excluding carboxylic acids is 1. The monoisotopic (exact) mass is 263 g/mol. The van der Waals surface area contributed by atoms with Crippen LogP contribution in [0.4, 0.5) is 0 Å². The van der Waals surface area contributed by atoms with Crippen molar-refractivity contribution in [3.05, 3.63) is 35.9 Å². The van der Waals surface area contributed by atoms with Crippen molar-refractivity contribution < 1.29 is 14.6 Å². The van der Waals surface area contributed by atoms with Crippen LogP contribution in [0.15, 0.2) is 30.3 Å². The minimum absolute atomic E-state index is 0.0447. The lowest BCUT2D eigenvalue weighted by molar-refractivity contribution is -0.143. The molecule has 4 heteroatoms.